The third kappa shape index (κ3) is 3.38. The number of amides is 1. The van der Waals surface area contributed by atoms with Gasteiger partial charge in [0.15, 0.2) is 0 Å². The molecule has 2 aromatic rings. The van der Waals surface area contributed by atoms with E-state index < -0.39 is 5.41 Å². The van der Waals surface area contributed by atoms with E-state index in [1.165, 1.54) is 0 Å². The summed E-state index contributed by atoms with van der Waals surface area (Å²) in [6.07, 6.45) is 2.86. The molecule has 0 aliphatic carbocycles. The SMILES string of the molecule is N#Cc1ccnc(OC2CN(C(=O)C3(c4ccccc4)CCOCC3)C2)c1. The lowest BCUT2D eigenvalue weighted by Gasteiger charge is -2.46. The Kier molecular flexibility index (Phi) is 4.78. The molecule has 3 heterocycles. The molecular formula is C21H21N3O3. The van der Waals surface area contributed by atoms with E-state index in [0.29, 0.717) is 50.6 Å². The Morgan fingerprint density at radius 1 is 1.22 bits per heavy atom. The highest BCUT2D eigenvalue weighted by molar-refractivity contribution is 5.89. The maximum Gasteiger partial charge on any atom is 0.233 e. The van der Waals surface area contributed by atoms with Crippen molar-refractivity contribution in [1.29, 1.82) is 5.26 Å². The molecule has 0 unspecified atom stereocenters. The first-order valence-corrected chi connectivity index (χ1v) is 9.17. The van der Waals surface area contributed by atoms with E-state index in [1.807, 2.05) is 35.2 Å². The largest absolute Gasteiger partial charge is 0.471 e. The van der Waals surface area contributed by atoms with Gasteiger partial charge < -0.3 is 14.4 Å². The van der Waals surface area contributed by atoms with E-state index in [0.717, 1.165) is 5.56 Å². The average molecular weight is 363 g/mol. The van der Waals surface area contributed by atoms with Gasteiger partial charge in [-0.2, -0.15) is 5.26 Å². The lowest BCUT2D eigenvalue weighted by Crippen LogP contribution is -2.61. The Hall–Kier alpha value is -2.91. The van der Waals surface area contributed by atoms with Crippen LogP contribution < -0.4 is 4.74 Å². The number of carbonyl (C=O) groups is 1. The molecule has 0 radical (unpaired) electrons. The molecule has 6 nitrogen and oxygen atoms in total. The maximum absolute atomic E-state index is 13.4. The molecule has 0 bridgehead atoms. The molecule has 1 aromatic carbocycles. The predicted molar refractivity (Wildman–Crippen MR) is 98.1 cm³/mol. The second-order valence-electron chi connectivity index (χ2n) is 7.01. The number of aromatic nitrogens is 1. The number of hydrogen-bond acceptors (Lipinski definition) is 5. The molecule has 2 aliphatic heterocycles. The summed E-state index contributed by atoms with van der Waals surface area (Å²) in [4.78, 5) is 19.4. The number of nitrogens with zero attached hydrogens (tertiary/aromatic N) is 3. The fourth-order valence-corrected chi connectivity index (χ4v) is 3.80. The summed E-state index contributed by atoms with van der Waals surface area (Å²) in [5, 5.41) is 8.97. The van der Waals surface area contributed by atoms with Crippen LogP contribution in [0.4, 0.5) is 0 Å². The first-order valence-electron chi connectivity index (χ1n) is 9.17. The van der Waals surface area contributed by atoms with Crippen LogP contribution in [-0.2, 0) is 14.9 Å². The van der Waals surface area contributed by atoms with E-state index in [-0.39, 0.29) is 12.0 Å². The zero-order valence-electron chi connectivity index (χ0n) is 15.0. The van der Waals surface area contributed by atoms with Crippen LogP contribution in [0.3, 0.4) is 0 Å². The molecule has 0 saturated carbocycles. The molecule has 138 valence electrons. The number of likely N-dealkylation sites (tertiary alicyclic amines) is 1. The van der Waals surface area contributed by atoms with Crippen molar-refractivity contribution in [2.45, 2.75) is 24.4 Å². The number of ether oxygens (including phenoxy) is 2. The number of carbonyl (C=O) groups excluding carboxylic acids is 1. The third-order valence-electron chi connectivity index (χ3n) is 5.37. The van der Waals surface area contributed by atoms with Crippen molar-refractivity contribution in [2.75, 3.05) is 26.3 Å². The maximum atomic E-state index is 13.4. The molecule has 2 aliphatic rings. The van der Waals surface area contributed by atoms with Crippen molar-refractivity contribution in [2.24, 2.45) is 0 Å². The summed E-state index contributed by atoms with van der Waals surface area (Å²) in [5.41, 5.74) is 1.06. The van der Waals surface area contributed by atoms with Crippen molar-refractivity contribution in [1.82, 2.24) is 9.88 Å². The molecule has 1 aromatic heterocycles. The smallest absolute Gasteiger partial charge is 0.233 e. The van der Waals surface area contributed by atoms with Gasteiger partial charge in [-0.15, -0.1) is 0 Å². The summed E-state index contributed by atoms with van der Waals surface area (Å²) < 4.78 is 11.3. The third-order valence-corrected chi connectivity index (χ3v) is 5.37. The minimum absolute atomic E-state index is 0.0944. The Morgan fingerprint density at radius 2 is 1.96 bits per heavy atom. The minimum atomic E-state index is -0.510. The monoisotopic (exact) mass is 363 g/mol. The van der Waals surface area contributed by atoms with E-state index in [9.17, 15) is 4.79 Å². The van der Waals surface area contributed by atoms with E-state index in [4.69, 9.17) is 14.7 Å². The number of benzene rings is 1. The Bertz CT molecular complexity index is 850. The van der Waals surface area contributed by atoms with Gasteiger partial charge in [0, 0.05) is 25.5 Å². The second-order valence-corrected chi connectivity index (χ2v) is 7.01. The highest BCUT2D eigenvalue weighted by Gasteiger charge is 2.47. The highest BCUT2D eigenvalue weighted by Crippen LogP contribution is 2.38. The van der Waals surface area contributed by atoms with E-state index >= 15 is 0 Å². The fraction of sp³-hybridized carbons (Fsp3) is 0.381. The number of hydrogen-bond donors (Lipinski definition) is 0. The molecule has 1 amide bonds. The van der Waals surface area contributed by atoms with Crippen molar-refractivity contribution < 1.29 is 14.3 Å². The zero-order valence-corrected chi connectivity index (χ0v) is 15.0. The van der Waals surface area contributed by atoms with Gasteiger partial charge in [-0.1, -0.05) is 30.3 Å². The quantitative estimate of drug-likeness (QED) is 0.833. The first-order chi connectivity index (χ1) is 13.2. The Morgan fingerprint density at radius 3 is 2.67 bits per heavy atom. The van der Waals surface area contributed by atoms with Gasteiger partial charge in [0.1, 0.15) is 6.10 Å². The van der Waals surface area contributed by atoms with Crippen LogP contribution in [0.15, 0.2) is 48.7 Å². The van der Waals surface area contributed by atoms with Crippen molar-refractivity contribution in [3.05, 3.63) is 59.8 Å². The normalized spacial score (nSPS) is 19.0. The molecule has 0 atom stereocenters. The number of nitriles is 1. The average Bonchev–Trinajstić information content (AvgIpc) is 2.71. The van der Waals surface area contributed by atoms with Gasteiger partial charge in [0.25, 0.3) is 0 Å². The molecule has 6 heteroatoms. The summed E-state index contributed by atoms with van der Waals surface area (Å²) >= 11 is 0. The van der Waals surface area contributed by atoms with Crippen LogP contribution in [0.1, 0.15) is 24.0 Å². The standard InChI is InChI=1S/C21H21N3O3/c22-13-16-6-9-23-19(12-16)27-18-14-24(15-18)20(25)21(7-10-26-11-8-21)17-4-2-1-3-5-17/h1-6,9,12,18H,7-8,10-11,14-15H2. The van der Waals surface area contributed by atoms with Crippen LogP contribution in [0.5, 0.6) is 5.88 Å². The van der Waals surface area contributed by atoms with Crippen LogP contribution >= 0.6 is 0 Å². The molecule has 27 heavy (non-hydrogen) atoms. The zero-order chi connectivity index (χ0) is 18.7. The van der Waals surface area contributed by atoms with E-state index in [2.05, 4.69) is 11.1 Å². The number of pyridine rings is 1. The minimum Gasteiger partial charge on any atom is -0.471 e. The highest BCUT2D eigenvalue weighted by atomic mass is 16.5. The Labute approximate surface area is 158 Å². The van der Waals surface area contributed by atoms with Crippen LogP contribution in [0, 0.1) is 11.3 Å². The van der Waals surface area contributed by atoms with Gasteiger partial charge >= 0.3 is 0 Å². The van der Waals surface area contributed by atoms with Gasteiger partial charge in [0.2, 0.25) is 11.8 Å². The Balaban J connectivity index is 1.44. The van der Waals surface area contributed by atoms with Crippen molar-refractivity contribution in [3.8, 4) is 11.9 Å². The molecule has 2 fully saturated rings. The summed E-state index contributed by atoms with van der Waals surface area (Å²) in [5.74, 6) is 0.575. The van der Waals surface area contributed by atoms with Crippen LogP contribution in [0.25, 0.3) is 0 Å². The number of rotatable bonds is 4. The van der Waals surface area contributed by atoms with Crippen molar-refractivity contribution >= 4 is 5.91 Å². The molecule has 0 spiro atoms. The topological polar surface area (TPSA) is 75.5 Å². The lowest BCUT2D eigenvalue weighted by atomic mass is 9.72. The van der Waals surface area contributed by atoms with Crippen LogP contribution in [-0.4, -0.2) is 48.2 Å². The van der Waals surface area contributed by atoms with Gasteiger partial charge in [0.05, 0.1) is 30.1 Å². The molecule has 2 saturated heterocycles. The summed E-state index contributed by atoms with van der Waals surface area (Å²) in [6.45, 7) is 2.26. The second kappa shape index (κ2) is 7.37. The summed E-state index contributed by atoms with van der Waals surface area (Å²) in [7, 11) is 0. The van der Waals surface area contributed by atoms with Gasteiger partial charge in [-0.25, -0.2) is 4.98 Å². The fourth-order valence-electron chi connectivity index (χ4n) is 3.80. The van der Waals surface area contributed by atoms with Gasteiger partial charge in [-0.3, -0.25) is 4.79 Å². The lowest BCUT2D eigenvalue weighted by molar-refractivity contribution is -0.150. The summed E-state index contributed by atoms with van der Waals surface area (Å²) in [6, 6.07) is 15.3. The molecule has 4 rings (SSSR count). The van der Waals surface area contributed by atoms with E-state index in [1.54, 1.807) is 18.3 Å². The predicted octanol–water partition coefficient (Wildman–Crippen LogP) is 2.29. The van der Waals surface area contributed by atoms with Crippen molar-refractivity contribution in [3.63, 3.8) is 0 Å². The molecule has 0 N–H and O–H groups in total. The van der Waals surface area contributed by atoms with Crippen LogP contribution in [0.2, 0.25) is 0 Å². The first kappa shape index (κ1) is 17.5. The molecular weight excluding hydrogens is 342 g/mol. The van der Waals surface area contributed by atoms with Gasteiger partial charge in [-0.05, 0) is 24.5 Å².